The van der Waals surface area contributed by atoms with E-state index in [4.69, 9.17) is 9.47 Å². The van der Waals surface area contributed by atoms with E-state index in [1.54, 1.807) is 12.1 Å². The van der Waals surface area contributed by atoms with Gasteiger partial charge in [0.2, 0.25) is 15.9 Å². The number of carbonyl (C=O) groups is 1. The molecular formula is C27H34N2O5S. The lowest BCUT2D eigenvalue weighted by molar-refractivity contribution is -0.137. The summed E-state index contributed by atoms with van der Waals surface area (Å²) >= 11 is 0. The van der Waals surface area contributed by atoms with Gasteiger partial charge in [0.05, 0.1) is 24.2 Å². The van der Waals surface area contributed by atoms with Gasteiger partial charge in [-0.1, -0.05) is 12.1 Å². The zero-order valence-corrected chi connectivity index (χ0v) is 21.4. The van der Waals surface area contributed by atoms with Gasteiger partial charge < -0.3 is 14.4 Å². The van der Waals surface area contributed by atoms with Gasteiger partial charge in [0.15, 0.2) is 11.5 Å². The Balaban J connectivity index is 1.26. The molecule has 2 aromatic rings. The second kappa shape index (κ2) is 9.82. The first kappa shape index (κ1) is 24.1. The van der Waals surface area contributed by atoms with Crippen LogP contribution in [0.1, 0.15) is 54.8 Å². The first-order chi connectivity index (χ1) is 16.8. The molecule has 7 nitrogen and oxygen atoms in total. The Morgan fingerprint density at radius 2 is 1.60 bits per heavy atom. The number of rotatable bonds is 4. The van der Waals surface area contributed by atoms with Gasteiger partial charge >= 0.3 is 0 Å². The van der Waals surface area contributed by atoms with Crippen LogP contribution in [-0.2, 0) is 14.8 Å². The maximum atomic E-state index is 13.5. The second-order valence-corrected chi connectivity index (χ2v) is 11.8. The molecule has 1 amide bonds. The number of carbonyl (C=O) groups excluding carboxylic acids is 1. The molecule has 0 bridgehead atoms. The van der Waals surface area contributed by atoms with E-state index in [0.29, 0.717) is 44.0 Å². The van der Waals surface area contributed by atoms with Gasteiger partial charge in [-0.2, -0.15) is 4.31 Å². The first-order valence-corrected chi connectivity index (χ1v) is 14.1. The van der Waals surface area contributed by atoms with E-state index < -0.39 is 10.0 Å². The normalized spacial score (nSPS) is 21.7. The number of hydrogen-bond acceptors (Lipinski definition) is 5. The summed E-state index contributed by atoms with van der Waals surface area (Å²) < 4.78 is 39.5. The Hall–Kier alpha value is -2.58. The van der Waals surface area contributed by atoms with Crippen LogP contribution >= 0.6 is 0 Å². The maximum Gasteiger partial charge on any atom is 0.243 e. The molecule has 0 unspecified atom stereocenters. The van der Waals surface area contributed by atoms with Crippen molar-refractivity contribution in [1.29, 1.82) is 0 Å². The van der Waals surface area contributed by atoms with E-state index in [-0.39, 0.29) is 17.9 Å². The zero-order chi connectivity index (χ0) is 24.6. The summed E-state index contributed by atoms with van der Waals surface area (Å²) in [6.07, 6.45) is 3.84. The summed E-state index contributed by atoms with van der Waals surface area (Å²) in [5.74, 6) is 1.51. The Bertz CT molecular complexity index is 1200. The number of nitrogens with zero attached hydrogens (tertiary/aromatic N) is 2. The fourth-order valence-corrected chi connectivity index (χ4v) is 6.92. The van der Waals surface area contributed by atoms with Crippen LogP contribution in [0.4, 0.5) is 0 Å². The number of likely N-dealkylation sites (tertiary alicyclic amines) is 1. The molecule has 3 aliphatic rings. The van der Waals surface area contributed by atoms with Crippen LogP contribution in [0, 0.1) is 19.8 Å². The molecule has 3 heterocycles. The van der Waals surface area contributed by atoms with Gasteiger partial charge in [0.25, 0.3) is 0 Å². The number of aryl methyl sites for hydroxylation is 2. The summed E-state index contributed by atoms with van der Waals surface area (Å²) in [7, 11) is -3.55. The van der Waals surface area contributed by atoms with Crippen molar-refractivity contribution < 1.29 is 22.7 Å². The number of hydrogen-bond donors (Lipinski definition) is 0. The molecule has 5 rings (SSSR count). The highest BCUT2D eigenvalue weighted by Crippen LogP contribution is 2.39. The highest BCUT2D eigenvalue weighted by molar-refractivity contribution is 7.89. The summed E-state index contributed by atoms with van der Waals surface area (Å²) in [6, 6.07) is 11.3. The van der Waals surface area contributed by atoms with Crippen LogP contribution in [0.3, 0.4) is 0 Å². The van der Waals surface area contributed by atoms with Crippen LogP contribution in [0.15, 0.2) is 41.3 Å². The monoisotopic (exact) mass is 498 g/mol. The van der Waals surface area contributed by atoms with Gasteiger partial charge in [-0.05, 0) is 80.5 Å². The molecule has 0 aromatic heterocycles. The number of fused-ring (bicyclic) bond motifs is 1. The molecule has 2 aromatic carbocycles. The van der Waals surface area contributed by atoms with Crippen molar-refractivity contribution in [2.45, 2.75) is 56.9 Å². The molecule has 188 valence electrons. The summed E-state index contributed by atoms with van der Waals surface area (Å²) in [6.45, 7) is 6.66. The van der Waals surface area contributed by atoms with Crippen molar-refractivity contribution in [3.8, 4) is 11.5 Å². The van der Waals surface area contributed by atoms with Gasteiger partial charge in [-0.15, -0.1) is 0 Å². The number of sulfonamides is 1. The van der Waals surface area contributed by atoms with Crippen LogP contribution < -0.4 is 9.47 Å². The van der Waals surface area contributed by atoms with E-state index in [0.717, 1.165) is 54.0 Å². The summed E-state index contributed by atoms with van der Waals surface area (Å²) in [5, 5.41) is 0. The van der Waals surface area contributed by atoms with Crippen LogP contribution in [0.25, 0.3) is 0 Å². The lowest BCUT2D eigenvalue weighted by atomic mass is 9.95. The van der Waals surface area contributed by atoms with Crippen molar-refractivity contribution in [3.05, 3.63) is 53.1 Å². The molecule has 2 saturated heterocycles. The first-order valence-electron chi connectivity index (χ1n) is 12.6. The van der Waals surface area contributed by atoms with Crippen molar-refractivity contribution in [2.75, 3.05) is 32.8 Å². The van der Waals surface area contributed by atoms with Gasteiger partial charge in [0, 0.05) is 32.0 Å². The fraction of sp³-hybridized carbons (Fsp3) is 0.519. The lowest BCUT2D eigenvalue weighted by Crippen LogP contribution is -2.44. The lowest BCUT2D eigenvalue weighted by Gasteiger charge is -2.34. The minimum absolute atomic E-state index is 0.0250. The molecule has 8 heteroatoms. The SMILES string of the molecule is Cc1ccc(S(=O)(=O)N2CCC(C(=O)N3CCC[C@H]3c3ccc4c(c3)OCCCO4)CC2)cc1C. The molecule has 0 spiro atoms. The van der Waals surface area contributed by atoms with Gasteiger partial charge in [0.1, 0.15) is 0 Å². The Morgan fingerprint density at radius 3 is 2.34 bits per heavy atom. The van der Waals surface area contributed by atoms with Crippen molar-refractivity contribution in [1.82, 2.24) is 9.21 Å². The van der Waals surface area contributed by atoms with E-state index in [2.05, 4.69) is 0 Å². The van der Waals surface area contributed by atoms with Crippen molar-refractivity contribution in [3.63, 3.8) is 0 Å². The second-order valence-electron chi connectivity index (χ2n) is 9.87. The topological polar surface area (TPSA) is 76.2 Å². The quantitative estimate of drug-likeness (QED) is 0.631. The number of benzene rings is 2. The van der Waals surface area contributed by atoms with Crippen LogP contribution in [0.2, 0.25) is 0 Å². The minimum atomic E-state index is -3.55. The standard InChI is InChI=1S/C27H34N2O5S/c1-19-6-8-23(17-20(19)2)35(31,32)28-13-10-21(11-14-28)27(30)29-12-3-5-24(29)22-7-9-25-26(18-22)34-16-4-15-33-25/h6-9,17-18,21,24H,3-5,10-16H2,1-2H3/t24-/m0/s1. The van der Waals surface area contributed by atoms with Gasteiger partial charge in [-0.3, -0.25) is 4.79 Å². The molecule has 35 heavy (non-hydrogen) atoms. The average Bonchev–Trinajstić information content (AvgIpc) is 3.23. The van der Waals surface area contributed by atoms with Crippen LogP contribution in [-0.4, -0.2) is 56.4 Å². The van der Waals surface area contributed by atoms with E-state index in [1.807, 2.05) is 43.0 Å². The highest BCUT2D eigenvalue weighted by Gasteiger charge is 2.38. The molecule has 0 saturated carbocycles. The molecule has 1 atom stereocenters. The minimum Gasteiger partial charge on any atom is -0.490 e. The van der Waals surface area contributed by atoms with Gasteiger partial charge in [-0.25, -0.2) is 8.42 Å². The van der Waals surface area contributed by atoms with Crippen molar-refractivity contribution in [2.24, 2.45) is 5.92 Å². The Kier molecular flexibility index (Phi) is 6.77. The average molecular weight is 499 g/mol. The molecule has 3 aliphatic heterocycles. The number of amides is 1. The van der Waals surface area contributed by atoms with Crippen LogP contribution in [0.5, 0.6) is 11.5 Å². The summed E-state index contributed by atoms with van der Waals surface area (Å²) in [4.78, 5) is 15.9. The van der Waals surface area contributed by atoms with E-state index >= 15 is 0 Å². The zero-order valence-electron chi connectivity index (χ0n) is 20.5. The molecule has 0 aliphatic carbocycles. The Morgan fingerprint density at radius 1 is 0.857 bits per heavy atom. The smallest absolute Gasteiger partial charge is 0.243 e. The Labute approximate surface area is 208 Å². The largest absolute Gasteiger partial charge is 0.490 e. The van der Waals surface area contributed by atoms with E-state index in [1.165, 1.54) is 4.31 Å². The predicted octanol–water partition coefficient (Wildman–Crippen LogP) is 4.23. The third-order valence-corrected chi connectivity index (χ3v) is 9.51. The highest BCUT2D eigenvalue weighted by atomic mass is 32.2. The molecule has 0 radical (unpaired) electrons. The van der Waals surface area contributed by atoms with E-state index in [9.17, 15) is 13.2 Å². The molecule has 2 fully saturated rings. The van der Waals surface area contributed by atoms with Crippen molar-refractivity contribution >= 4 is 15.9 Å². The summed E-state index contributed by atoms with van der Waals surface area (Å²) in [5.41, 5.74) is 3.11. The molecular weight excluding hydrogens is 464 g/mol. The number of ether oxygens (including phenoxy) is 2. The third-order valence-electron chi connectivity index (χ3n) is 7.61. The maximum absolute atomic E-state index is 13.5. The third kappa shape index (κ3) is 4.78. The predicted molar refractivity (Wildman–Crippen MR) is 133 cm³/mol. The fourth-order valence-electron chi connectivity index (χ4n) is 5.37. The number of piperidine rings is 1. The molecule has 0 N–H and O–H groups in total.